The van der Waals surface area contributed by atoms with Crippen LogP contribution in [0.1, 0.15) is 32.1 Å². The number of carbonyl (C=O) groups excluding carboxylic acids is 4. The molecular formula is C26H26N2O7. The molecule has 3 aromatic rings. The molecule has 0 bridgehead atoms. The maximum absolute atomic E-state index is 12.5. The highest BCUT2D eigenvalue weighted by Gasteiger charge is 2.47. The monoisotopic (exact) mass is 478 g/mol. The highest BCUT2D eigenvalue weighted by Crippen LogP contribution is 2.38. The Kier molecular flexibility index (Phi) is 6.15. The summed E-state index contributed by atoms with van der Waals surface area (Å²) < 4.78 is 16.3. The largest absolute Gasteiger partial charge is 0.495 e. The Bertz CT molecular complexity index is 1300. The predicted molar refractivity (Wildman–Crippen MR) is 127 cm³/mol. The third-order valence-corrected chi connectivity index (χ3v) is 6.81. The summed E-state index contributed by atoms with van der Waals surface area (Å²) in [6.07, 6.45) is 3.18. The lowest BCUT2D eigenvalue weighted by molar-refractivity contribution is -0.148. The number of ether oxygens (including phenoxy) is 2. The van der Waals surface area contributed by atoms with Crippen molar-refractivity contribution in [2.75, 3.05) is 25.6 Å². The Balaban J connectivity index is 1.17. The van der Waals surface area contributed by atoms with Crippen molar-refractivity contribution < 1.29 is 33.1 Å². The van der Waals surface area contributed by atoms with Gasteiger partial charge in [0.25, 0.3) is 5.91 Å². The smallest absolute Gasteiger partial charge is 0.308 e. The number of amides is 3. The molecule has 1 aromatic heterocycles. The molecule has 2 aromatic carbocycles. The zero-order valence-electron chi connectivity index (χ0n) is 19.4. The van der Waals surface area contributed by atoms with E-state index in [9.17, 15) is 19.2 Å². The predicted octanol–water partition coefficient (Wildman–Crippen LogP) is 3.64. The summed E-state index contributed by atoms with van der Waals surface area (Å²) in [5, 5.41) is 4.47. The van der Waals surface area contributed by atoms with Gasteiger partial charge in [0.2, 0.25) is 11.8 Å². The number of carbonyl (C=O) groups is 4. The van der Waals surface area contributed by atoms with Crippen LogP contribution in [0.2, 0.25) is 0 Å². The number of hydrogen-bond acceptors (Lipinski definition) is 7. The third-order valence-electron chi connectivity index (χ3n) is 6.81. The van der Waals surface area contributed by atoms with Crippen LogP contribution < -0.4 is 10.1 Å². The number of hydrogen-bond donors (Lipinski definition) is 1. The second-order valence-electron chi connectivity index (χ2n) is 8.93. The van der Waals surface area contributed by atoms with Crippen molar-refractivity contribution in [1.29, 1.82) is 0 Å². The second kappa shape index (κ2) is 9.40. The van der Waals surface area contributed by atoms with Gasteiger partial charge in [-0.1, -0.05) is 31.0 Å². The molecule has 1 aliphatic heterocycles. The first-order chi connectivity index (χ1) is 17.0. The van der Waals surface area contributed by atoms with Gasteiger partial charge in [0.1, 0.15) is 16.9 Å². The molecule has 1 aliphatic carbocycles. The maximum atomic E-state index is 12.5. The highest BCUT2D eigenvalue weighted by atomic mass is 16.5. The van der Waals surface area contributed by atoms with E-state index >= 15 is 0 Å². The van der Waals surface area contributed by atoms with E-state index in [1.54, 1.807) is 12.1 Å². The number of methoxy groups -OCH3 is 1. The average Bonchev–Trinajstić information content (AvgIpc) is 3.35. The van der Waals surface area contributed by atoms with Crippen LogP contribution in [0, 0.1) is 11.8 Å². The fourth-order valence-electron chi connectivity index (χ4n) is 5.08. The molecule has 35 heavy (non-hydrogen) atoms. The van der Waals surface area contributed by atoms with Crippen molar-refractivity contribution in [2.24, 2.45) is 11.8 Å². The molecule has 1 saturated carbocycles. The van der Waals surface area contributed by atoms with Crippen molar-refractivity contribution in [3.05, 3.63) is 36.4 Å². The molecule has 0 spiro atoms. The van der Waals surface area contributed by atoms with Gasteiger partial charge < -0.3 is 19.2 Å². The molecule has 0 unspecified atom stereocenters. The van der Waals surface area contributed by atoms with Crippen molar-refractivity contribution >= 4 is 51.3 Å². The number of imide groups is 1. The van der Waals surface area contributed by atoms with Crippen LogP contribution >= 0.6 is 0 Å². The first kappa shape index (κ1) is 22.9. The average molecular weight is 479 g/mol. The van der Waals surface area contributed by atoms with Crippen LogP contribution in [0.3, 0.4) is 0 Å². The van der Waals surface area contributed by atoms with Gasteiger partial charge in [0, 0.05) is 23.4 Å². The van der Waals surface area contributed by atoms with Gasteiger partial charge in [0.15, 0.2) is 6.61 Å². The van der Waals surface area contributed by atoms with E-state index in [0.717, 1.165) is 42.0 Å². The number of benzene rings is 2. The van der Waals surface area contributed by atoms with Crippen LogP contribution in [-0.2, 0) is 23.9 Å². The van der Waals surface area contributed by atoms with Gasteiger partial charge in [-0.15, -0.1) is 0 Å². The summed E-state index contributed by atoms with van der Waals surface area (Å²) in [6, 6.07) is 11.0. The number of nitrogens with one attached hydrogen (secondary N) is 1. The number of rotatable bonds is 7. The van der Waals surface area contributed by atoms with E-state index in [0.29, 0.717) is 17.0 Å². The summed E-state index contributed by atoms with van der Waals surface area (Å²) in [6.45, 7) is -0.533. The molecule has 0 radical (unpaired) electrons. The van der Waals surface area contributed by atoms with Gasteiger partial charge in [-0.3, -0.25) is 24.1 Å². The van der Waals surface area contributed by atoms with Crippen molar-refractivity contribution in [3.8, 4) is 5.75 Å². The lowest BCUT2D eigenvalue weighted by atomic mass is 9.81. The van der Waals surface area contributed by atoms with Crippen molar-refractivity contribution in [2.45, 2.75) is 32.1 Å². The molecule has 3 amide bonds. The maximum Gasteiger partial charge on any atom is 0.308 e. The summed E-state index contributed by atoms with van der Waals surface area (Å²) in [5.41, 5.74) is 1.69. The molecule has 2 heterocycles. The molecule has 9 nitrogen and oxygen atoms in total. The van der Waals surface area contributed by atoms with E-state index in [-0.39, 0.29) is 36.6 Å². The standard InChI is InChI=1S/C26H26N2O7/c1-33-22-12-18-15-6-4-5-9-20(15)35-21(18)13-19(22)27-23(29)14-34-24(30)10-11-28-25(31)16-7-2-3-8-17(16)26(28)32/h4-6,9,12-13,16-17H,2-3,7-8,10-11,14H2,1H3,(H,27,29)/t16-,17+. The molecule has 2 atom stereocenters. The van der Waals surface area contributed by atoms with Gasteiger partial charge in [-0.2, -0.15) is 0 Å². The zero-order chi connectivity index (χ0) is 24.5. The minimum absolute atomic E-state index is 0.0261. The molecular weight excluding hydrogens is 452 g/mol. The summed E-state index contributed by atoms with van der Waals surface area (Å²) in [5.74, 6) is -1.66. The fourth-order valence-corrected chi connectivity index (χ4v) is 5.08. The lowest BCUT2D eigenvalue weighted by Crippen LogP contribution is -2.33. The number of anilines is 1. The highest BCUT2D eigenvalue weighted by molar-refractivity contribution is 6.08. The number of furan rings is 1. The van der Waals surface area contributed by atoms with E-state index in [1.807, 2.05) is 24.3 Å². The van der Waals surface area contributed by atoms with E-state index in [2.05, 4.69) is 5.32 Å². The Morgan fingerprint density at radius 1 is 1.03 bits per heavy atom. The second-order valence-corrected chi connectivity index (χ2v) is 8.93. The number of fused-ring (bicyclic) bond motifs is 4. The summed E-state index contributed by atoms with van der Waals surface area (Å²) in [4.78, 5) is 50.8. The number of para-hydroxylation sites is 1. The van der Waals surface area contributed by atoms with Crippen molar-refractivity contribution in [3.63, 3.8) is 0 Å². The Morgan fingerprint density at radius 2 is 1.74 bits per heavy atom. The summed E-state index contributed by atoms with van der Waals surface area (Å²) in [7, 11) is 1.50. The van der Waals surface area contributed by atoms with Crippen LogP contribution in [0.5, 0.6) is 5.75 Å². The molecule has 2 aliphatic rings. The van der Waals surface area contributed by atoms with Crippen LogP contribution in [0.15, 0.2) is 40.8 Å². The minimum atomic E-state index is -0.657. The summed E-state index contributed by atoms with van der Waals surface area (Å²) >= 11 is 0. The lowest BCUT2D eigenvalue weighted by Gasteiger charge is -2.19. The molecule has 1 saturated heterocycles. The third kappa shape index (κ3) is 4.34. The SMILES string of the molecule is COc1cc2c(cc1NC(=O)COC(=O)CCN1C(=O)[C@H]3CCCC[C@H]3C1=O)oc1ccccc12. The fraction of sp³-hybridized carbons (Fsp3) is 0.385. The molecule has 182 valence electrons. The molecule has 1 N–H and O–H groups in total. The van der Waals surface area contributed by atoms with Crippen molar-refractivity contribution in [1.82, 2.24) is 4.90 Å². The van der Waals surface area contributed by atoms with E-state index < -0.39 is 18.5 Å². The van der Waals surface area contributed by atoms with Crippen LogP contribution in [-0.4, -0.2) is 48.9 Å². The first-order valence-electron chi connectivity index (χ1n) is 11.8. The van der Waals surface area contributed by atoms with Crippen LogP contribution in [0.25, 0.3) is 21.9 Å². The van der Waals surface area contributed by atoms with E-state index in [4.69, 9.17) is 13.9 Å². The molecule has 5 rings (SSSR count). The quantitative estimate of drug-likeness (QED) is 0.407. The normalized spacial score (nSPS) is 19.7. The molecule has 9 heteroatoms. The van der Waals surface area contributed by atoms with Gasteiger partial charge in [-0.05, 0) is 25.0 Å². The minimum Gasteiger partial charge on any atom is -0.495 e. The number of likely N-dealkylation sites (tertiary alicyclic amines) is 1. The van der Waals surface area contributed by atoms with Crippen LogP contribution in [0.4, 0.5) is 5.69 Å². The Labute approximate surface area is 201 Å². The number of esters is 1. The van der Waals surface area contributed by atoms with Gasteiger partial charge >= 0.3 is 5.97 Å². The van der Waals surface area contributed by atoms with Gasteiger partial charge in [0.05, 0.1) is 31.1 Å². The van der Waals surface area contributed by atoms with E-state index in [1.165, 1.54) is 12.0 Å². The first-order valence-corrected chi connectivity index (χ1v) is 11.8. The zero-order valence-corrected chi connectivity index (χ0v) is 19.4. The Hall–Kier alpha value is -3.88. The van der Waals surface area contributed by atoms with Gasteiger partial charge in [-0.25, -0.2) is 0 Å². The Morgan fingerprint density at radius 3 is 2.46 bits per heavy atom. The molecule has 2 fully saturated rings. The topological polar surface area (TPSA) is 115 Å². The number of nitrogens with zero attached hydrogens (tertiary/aromatic N) is 1.